The van der Waals surface area contributed by atoms with Crippen molar-refractivity contribution in [3.05, 3.63) is 81.6 Å². The number of hydrogen-bond donors (Lipinski definition) is 2. The third kappa shape index (κ3) is 13.7. The Morgan fingerprint density at radius 1 is 0.860 bits per heavy atom. The molecule has 0 aliphatic carbocycles. The first kappa shape index (κ1) is 44.5. The number of carbonyl (C=O) groups is 1. The molecule has 4 rings (SSSR count). The molecule has 0 saturated heterocycles. The molecule has 0 saturated carbocycles. The van der Waals surface area contributed by atoms with Crippen LogP contribution in [0.5, 0.6) is 17.4 Å². The minimum Gasteiger partial charge on any atom is -0.493 e. The number of benzene rings is 3. The van der Waals surface area contributed by atoms with Crippen molar-refractivity contribution in [2.24, 2.45) is 17.3 Å². The SMILES string of the molecule is CCCCCCCCCCCCCCCC(=O)Nc1cc(OCc2ccc(N=Nc3c(C)c(C#N)c(O)n(C)c3=O)cc2)c2ccccc2c1OCOCCOC. The maximum Gasteiger partial charge on any atom is 0.281 e. The third-order valence-electron chi connectivity index (χ3n) is 9.94. The number of fused-ring (bicyclic) bond motifs is 1. The Labute approximate surface area is 336 Å². The maximum atomic E-state index is 13.3. The number of unbranched alkanes of at least 4 members (excludes halogenated alkanes) is 12. The summed E-state index contributed by atoms with van der Waals surface area (Å²) in [7, 11) is 2.98. The van der Waals surface area contributed by atoms with Crippen molar-refractivity contribution in [2.75, 3.05) is 32.4 Å². The largest absolute Gasteiger partial charge is 0.493 e. The van der Waals surface area contributed by atoms with Crippen LogP contribution < -0.4 is 20.3 Å². The van der Waals surface area contributed by atoms with Crippen LogP contribution in [0.4, 0.5) is 17.1 Å². The van der Waals surface area contributed by atoms with Gasteiger partial charge in [0.15, 0.2) is 18.2 Å². The van der Waals surface area contributed by atoms with Crippen LogP contribution in [0.25, 0.3) is 10.8 Å². The van der Waals surface area contributed by atoms with E-state index in [0.717, 1.165) is 40.2 Å². The van der Waals surface area contributed by atoms with Crippen molar-refractivity contribution < 1.29 is 28.8 Å². The fourth-order valence-corrected chi connectivity index (χ4v) is 6.55. The summed E-state index contributed by atoms with van der Waals surface area (Å²) in [5.74, 6) is 0.581. The zero-order chi connectivity index (χ0) is 40.8. The van der Waals surface area contributed by atoms with E-state index in [9.17, 15) is 20.0 Å². The van der Waals surface area contributed by atoms with Crippen molar-refractivity contribution in [2.45, 2.75) is 110 Å². The van der Waals surface area contributed by atoms with Crippen LogP contribution in [-0.4, -0.2) is 42.7 Å². The predicted octanol–water partition coefficient (Wildman–Crippen LogP) is 10.8. The van der Waals surface area contributed by atoms with Crippen molar-refractivity contribution in [1.82, 2.24) is 4.57 Å². The summed E-state index contributed by atoms with van der Waals surface area (Å²) in [5.41, 5.74) is 1.48. The van der Waals surface area contributed by atoms with E-state index in [2.05, 4.69) is 22.5 Å². The van der Waals surface area contributed by atoms with E-state index in [0.29, 0.717) is 42.5 Å². The number of nitrogens with zero attached hydrogens (tertiary/aromatic N) is 4. The van der Waals surface area contributed by atoms with Gasteiger partial charge in [0.1, 0.15) is 24.0 Å². The molecule has 0 spiro atoms. The van der Waals surface area contributed by atoms with E-state index >= 15 is 0 Å². The lowest BCUT2D eigenvalue weighted by molar-refractivity contribution is -0.116. The highest BCUT2D eigenvalue weighted by molar-refractivity contribution is 6.02. The van der Waals surface area contributed by atoms with E-state index in [1.54, 1.807) is 32.2 Å². The summed E-state index contributed by atoms with van der Waals surface area (Å²) in [5, 5.41) is 32.6. The highest BCUT2D eigenvalue weighted by Crippen LogP contribution is 2.41. The van der Waals surface area contributed by atoms with Crippen LogP contribution in [0.2, 0.25) is 0 Å². The number of hydrogen-bond acceptors (Lipinski definition) is 10. The van der Waals surface area contributed by atoms with Crippen molar-refractivity contribution in [3.63, 3.8) is 0 Å². The molecule has 0 radical (unpaired) electrons. The number of azo groups is 1. The molecule has 4 aromatic rings. The summed E-state index contributed by atoms with van der Waals surface area (Å²) in [6, 6.07) is 18.6. The summed E-state index contributed by atoms with van der Waals surface area (Å²) >= 11 is 0. The van der Waals surface area contributed by atoms with Crippen LogP contribution >= 0.6 is 0 Å². The Balaban J connectivity index is 1.39. The summed E-state index contributed by atoms with van der Waals surface area (Å²) in [4.78, 5) is 26.0. The van der Waals surface area contributed by atoms with Crippen LogP contribution in [0.1, 0.15) is 114 Å². The van der Waals surface area contributed by atoms with Crippen molar-refractivity contribution in [1.29, 1.82) is 5.26 Å². The van der Waals surface area contributed by atoms with Gasteiger partial charge in [-0.15, -0.1) is 5.11 Å². The molecule has 0 aliphatic heterocycles. The monoisotopic (exact) mass is 781 g/mol. The van der Waals surface area contributed by atoms with Gasteiger partial charge in [-0.05, 0) is 31.0 Å². The number of methoxy groups -OCH3 is 1. The van der Waals surface area contributed by atoms with Crippen LogP contribution in [-0.2, 0) is 27.9 Å². The predicted molar refractivity (Wildman–Crippen MR) is 224 cm³/mol. The highest BCUT2D eigenvalue weighted by atomic mass is 16.7. The Hall–Kier alpha value is -5.25. The molecule has 1 amide bonds. The zero-order valence-corrected chi connectivity index (χ0v) is 34.1. The van der Waals surface area contributed by atoms with E-state index in [-0.39, 0.29) is 36.1 Å². The summed E-state index contributed by atoms with van der Waals surface area (Å²) in [6.45, 7) is 4.81. The van der Waals surface area contributed by atoms with Gasteiger partial charge in [-0.3, -0.25) is 14.2 Å². The van der Waals surface area contributed by atoms with Gasteiger partial charge in [-0.1, -0.05) is 120 Å². The Kier molecular flexibility index (Phi) is 19.0. The van der Waals surface area contributed by atoms with E-state index < -0.39 is 11.4 Å². The molecule has 1 heterocycles. The molecule has 0 unspecified atom stereocenters. The van der Waals surface area contributed by atoms with E-state index in [1.807, 2.05) is 42.5 Å². The zero-order valence-electron chi connectivity index (χ0n) is 34.1. The number of amides is 1. The van der Waals surface area contributed by atoms with Gasteiger partial charge in [-0.25, -0.2) is 0 Å². The van der Waals surface area contributed by atoms with Crippen molar-refractivity contribution in [3.8, 4) is 23.4 Å². The van der Waals surface area contributed by atoms with Crippen LogP contribution in [0.3, 0.4) is 0 Å². The van der Waals surface area contributed by atoms with Gasteiger partial charge in [0.05, 0.1) is 24.6 Å². The number of nitriles is 1. The number of carbonyl (C=O) groups excluding carboxylic acids is 1. The van der Waals surface area contributed by atoms with Crippen LogP contribution in [0.15, 0.2) is 69.6 Å². The highest BCUT2D eigenvalue weighted by Gasteiger charge is 2.18. The van der Waals surface area contributed by atoms with Crippen molar-refractivity contribution >= 4 is 33.7 Å². The molecule has 1 aromatic heterocycles. The van der Waals surface area contributed by atoms with Gasteiger partial charge in [0.25, 0.3) is 5.56 Å². The van der Waals surface area contributed by atoms with Gasteiger partial charge >= 0.3 is 0 Å². The number of nitrogens with one attached hydrogen (secondary N) is 1. The van der Waals surface area contributed by atoms with Gasteiger partial charge < -0.3 is 29.4 Å². The number of pyridine rings is 1. The molecule has 12 heteroatoms. The molecular formula is C45H59N5O7. The topological polar surface area (TPSA) is 157 Å². The molecule has 0 bridgehead atoms. The lowest BCUT2D eigenvalue weighted by atomic mass is 10.0. The molecule has 0 aliphatic rings. The van der Waals surface area contributed by atoms with E-state index in [4.69, 9.17) is 18.9 Å². The fourth-order valence-electron chi connectivity index (χ4n) is 6.55. The second-order valence-corrected chi connectivity index (χ2v) is 14.3. The lowest BCUT2D eigenvalue weighted by Crippen LogP contribution is -2.18. The quantitative estimate of drug-likeness (QED) is 0.0362. The number of anilines is 1. The molecule has 2 N–H and O–H groups in total. The smallest absolute Gasteiger partial charge is 0.281 e. The molecule has 306 valence electrons. The summed E-state index contributed by atoms with van der Waals surface area (Å²) in [6.07, 6.45) is 16.6. The fraction of sp³-hybridized carbons (Fsp3) is 0.489. The van der Waals surface area contributed by atoms with Gasteiger partial charge in [0.2, 0.25) is 11.8 Å². The Bertz CT molecular complexity index is 2000. The number of aromatic nitrogens is 1. The molecule has 57 heavy (non-hydrogen) atoms. The minimum atomic E-state index is -0.560. The van der Waals surface area contributed by atoms with E-state index in [1.165, 1.54) is 71.3 Å². The number of aromatic hydroxyl groups is 1. The first-order valence-corrected chi connectivity index (χ1v) is 20.3. The second-order valence-electron chi connectivity index (χ2n) is 14.3. The Morgan fingerprint density at radius 2 is 1.49 bits per heavy atom. The van der Waals surface area contributed by atoms with Gasteiger partial charge in [-0.2, -0.15) is 10.4 Å². The minimum absolute atomic E-state index is 0.0145. The first-order chi connectivity index (χ1) is 27.8. The van der Waals surface area contributed by atoms with Crippen LogP contribution in [0, 0.1) is 18.3 Å². The molecule has 3 aromatic carbocycles. The average Bonchev–Trinajstić information content (AvgIpc) is 3.22. The first-order valence-electron chi connectivity index (χ1n) is 20.3. The molecule has 12 nitrogen and oxygen atoms in total. The molecule has 0 atom stereocenters. The molecular weight excluding hydrogens is 723 g/mol. The number of rotatable bonds is 26. The third-order valence-corrected chi connectivity index (χ3v) is 9.94. The second kappa shape index (κ2) is 24.4. The molecule has 0 fully saturated rings. The standard InChI is InChI=1S/C45H59N5O7/c1-5-6-7-8-9-10-11-12-13-14-15-16-17-22-41(51)47-39-29-40(36-20-18-19-21-37(36)43(39)57-32-55-28-27-54-4)56-31-34-23-25-35(26-24-34)48-49-42-33(2)38(30-46)44(52)50(3)45(42)53/h18-21,23-26,29,52H,5-17,22,27-28,31-32H2,1-4H3,(H,47,51). The number of ether oxygens (including phenoxy) is 4. The van der Waals surface area contributed by atoms with Gasteiger partial charge in [0, 0.05) is 43.0 Å². The normalized spacial score (nSPS) is 11.3. The maximum absolute atomic E-state index is 13.3. The Morgan fingerprint density at radius 3 is 2.12 bits per heavy atom. The summed E-state index contributed by atoms with van der Waals surface area (Å²) < 4.78 is 24.2. The average molecular weight is 782 g/mol. The lowest BCUT2D eigenvalue weighted by Gasteiger charge is -2.18.